The van der Waals surface area contributed by atoms with E-state index in [4.69, 9.17) is 4.74 Å². The minimum absolute atomic E-state index is 0.0238. The van der Waals surface area contributed by atoms with E-state index in [1.165, 1.54) is 0 Å². The second-order valence-electron chi connectivity index (χ2n) is 11.5. The summed E-state index contributed by atoms with van der Waals surface area (Å²) in [6.45, 7) is 8.69. The van der Waals surface area contributed by atoms with Gasteiger partial charge in [-0.15, -0.1) is 0 Å². The number of carbonyl (C=O) groups excluding carboxylic acids is 2. The number of ether oxygens (including phenoxy) is 1. The summed E-state index contributed by atoms with van der Waals surface area (Å²) in [4.78, 5) is 29.0. The Morgan fingerprint density at radius 3 is 2.79 bits per heavy atom. The number of hydrogen-bond acceptors (Lipinski definition) is 4. The Labute approximate surface area is 192 Å². The average Bonchev–Trinajstić information content (AvgIpc) is 3.29. The summed E-state index contributed by atoms with van der Waals surface area (Å²) in [5, 5.41) is 17.0. The first kappa shape index (κ1) is 19.4. The summed E-state index contributed by atoms with van der Waals surface area (Å²) in [7, 11) is 0. The van der Waals surface area contributed by atoms with Crippen LogP contribution in [0.25, 0.3) is 11.6 Å². The minimum atomic E-state index is -1.11. The summed E-state index contributed by atoms with van der Waals surface area (Å²) in [5.41, 5.74) is 0.613. The monoisotopic (exact) mass is 445 g/mol. The number of carbonyl (C=O) groups is 2. The van der Waals surface area contributed by atoms with Crippen LogP contribution in [0.2, 0.25) is 0 Å². The summed E-state index contributed by atoms with van der Waals surface area (Å²) in [6, 6.07) is 3.82. The topological polar surface area (TPSA) is 84.7 Å². The van der Waals surface area contributed by atoms with Crippen molar-refractivity contribution in [3.8, 4) is 5.75 Å². The van der Waals surface area contributed by atoms with Gasteiger partial charge in [0.1, 0.15) is 22.4 Å². The van der Waals surface area contributed by atoms with Crippen LogP contribution >= 0.6 is 0 Å². The maximum absolute atomic E-state index is 13.9. The molecule has 2 amide bonds. The molecule has 4 saturated heterocycles. The van der Waals surface area contributed by atoms with Gasteiger partial charge in [0.25, 0.3) is 5.91 Å². The predicted molar refractivity (Wildman–Crippen MR) is 123 cm³/mol. The number of piperidine rings is 2. The lowest BCUT2D eigenvalue weighted by atomic mass is 9.51. The number of allylic oxidation sites excluding steroid dienone is 1. The molecule has 4 fully saturated rings. The van der Waals surface area contributed by atoms with Crippen molar-refractivity contribution in [2.45, 2.75) is 63.6 Å². The van der Waals surface area contributed by atoms with Gasteiger partial charge in [0, 0.05) is 12.5 Å². The van der Waals surface area contributed by atoms with E-state index in [-0.39, 0.29) is 17.7 Å². The number of nitrogens with one attached hydrogen (secondary N) is 1. The summed E-state index contributed by atoms with van der Waals surface area (Å²) < 4.78 is 7.18. The van der Waals surface area contributed by atoms with Gasteiger partial charge in [-0.05, 0) is 77.3 Å². The van der Waals surface area contributed by atoms with Crippen molar-refractivity contribution in [3.05, 3.63) is 40.6 Å². The fraction of sp³-hybridized carbons (Fsp3) is 0.500. The van der Waals surface area contributed by atoms with Crippen LogP contribution in [0, 0.1) is 16.5 Å². The lowest BCUT2D eigenvalue weighted by Gasteiger charge is -2.62. The molecule has 0 saturated carbocycles. The van der Waals surface area contributed by atoms with Gasteiger partial charge >= 0.3 is 0 Å². The Kier molecular flexibility index (Phi) is 3.14. The molecule has 3 atom stereocenters. The molecule has 2 spiro atoms. The van der Waals surface area contributed by atoms with Crippen molar-refractivity contribution in [2.24, 2.45) is 11.3 Å². The van der Waals surface area contributed by atoms with E-state index < -0.39 is 22.1 Å². The molecule has 170 valence electrons. The van der Waals surface area contributed by atoms with Crippen molar-refractivity contribution in [1.82, 2.24) is 10.2 Å². The first-order valence-corrected chi connectivity index (χ1v) is 11.8. The first-order chi connectivity index (χ1) is 15.5. The highest BCUT2D eigenvalue weighted by Crippen LogP contribution is 2.61. The second-order valence-corrected chi connectivity index (χ2v) is 11.5. The fourth-order valence-electron chi connectivity index (χ4n) is 7.43. The van der Waals surface area contributed by atoms with Gasteiger partial charge in [-0.25, -0.2) is 0 Å². The van der Waals surface area contributed by atoms with E-state index in [2.05, 4.69) is 19.2 Å². The smallest absolute Gasteiger partial charge is 0.253 e. The Morgan fingerprint density at radius 1 is 1.21 bits per heavy atom. The molecule has 1 aromatic carbocycles. The maximum Gasteiger partial charge on any atom is 0.253 e. The van der Waals surface area contributed by atoms with Crippen LogP contribution in [0.4, 0.5) is 5.69 Å². The molecule has 0 aromatic heterocycles. The molecule has 6 heterocycles. The van der Waals surface area contributed by atoms with E-state index in [0.717, 1.165) is 27.9 Å². The van der Waals surface area contributed by atoms with Crippen molar-refractivity contribution in [1.29, 1.82) is 0 Å². The molecular formula is C26H27N3O4. The van der Waals surface area contributed by atoms with Crippen LogP contribution in [0.5, 0.6) is 5.75 Å². The predicted octanol–water partition coefficient (Wildman–Crippen LogP) is 3.14. The van der Waals surface area contributed by atoms with E-state index >= 15 is 0 Å². The lowest BCUT2D eigenvalue weighted by Crippen LogP contribution is -2.83. The van der Waals surface area contributed by atoms with Crippen LogP contribution in [-0.4, -0.2) is 50.4 Å². The highest BCUT2D eigenvalue weighted by Gasteiger charge is 2.74. The molecular weight excluding hydrogens is 418 g/mol. The standard InChI is InChI=1S/C26H27N3O4/c1-23(2)10-8-15-17(33-23)7-6-14-16-12-26-18(24(3,4)20(16)29(32)19(14)15)13-25(21(30)27-26)9-5-11-28(25)22(26)31/h6-8,10,12,18H,5,9,11,13H2,1-4H3,(H,27,30)/t18-,25+,26+/m0/s1. The van der Waals surface area contributed by atoms with E-state index in [1.54, 1.807) is 0 Å². The highest BCUT2D eigenvalue weighted by atomic mass is 16.5. The number of amides is 2. The van der Waals surface area contributed by atoms with Gasteiger partial charge in [0.05, 0.1) is 22.1 Å². The molecule has 7 nitrogen and oxygen atoms in total. The van der Waals surface area contributed by atoms with Gasteiger partial charge in [0.15, 0.2) is 0 Å². The van der Waals surface area contributed by atoms with Crippen molar-refractivity contribution in [3.63, 3.8) is 0 Å². The van der Waals surface area contributed by atoms with Crippen molar-refractivity contribution in [2.75, 3.05) is 6.54 Å². The quantitative estimate of drug-likeness (QED) is 0.491. The van der Waals surface area contributed by atoms with E-state index in [9.17, 15) is 14.8 Å². The summed E-state index contributed by atoms with van der Waals surface area (Å²) in [6.07, 6.45) is 7.93. The number of fused-ring (bicyclic) bond motifs is 6. The zero-order chi connectivity index (χ0) is 23.1. The number of piperazine rings is 1. The van der Waals surface area contributed by atoms with Crippen molar-refractivity contribution < 1.29 is 19.1 Å². The third-order valence-corrected chi connectivity index (χ3v) is 8.93. The molecule has 7 aliphatic rings. The maximum atomic E-state index is 13.9. The number of benzene rings is 1. The molecule has 8 rings (SSSR count). The summed E-state index contributed by atoms with van der Waals surface area (Å²) in [5.74, 6) is 0.424. The molecule has 33 heavy (non-hydrogen) atoms. The normalized spacial score (nSPS) is 35.8. The third kappa shape index (κ3) is 1.98. The SMILES string of the molecule is CC1(C)C=Cc2c(ccc3c2[N+]([O-])=C2C3=C[C@]34NC(=O)[C@@]5(CCCN5C3=O)C[C@H]4C2(C)C)O1. The Bertz CT molecular complexity index is 1300. The molecule has 1 aliphatic carbocycles. The molecule has 0 radical (unpaired) electrons. The molecule has 6 aliphatic heterocycles. The minimum Gasteiger partial charge on any atom is -0.618 e. The number of hydrogen-bond donors (Lipinski definition) is 1. The zero-order valence-corrected chi connectivity index (χ0v) is 19.3. The first-order valence-electron chi connectivity index (χ1n) is 11.8. The van der Waals surface area contributed by atoms with Gasteiger partial charge in [-0.1, -0.05) is 0 Å². The average molecular weight is 446 g/mol. The van der Waals surface area contributed by atoms with Crippen LogP contribution in [0.1, 0.15) is 58.1 Å². The van der Waals surface area contributed by atoms with E-state index in [0.29, 0.717) is 36.5 Å². The zero-order valence-electron chi connectivity index (χ0n) is 19.3. The molecule has 7 heteroatoms. The lowest BCUT2D eigenvalue weighted by molar-refractivity contribution is -0.362. The summed E-state index contributed by atoms with van der Waals surface area (Å²) >= 11 is 0. The van der Waals surface area contributed by atoms with E-state index in [1.807, 2.05) is 49.1 Å². The third-order valence-electron chi connectivity index (χ3n) is 8.93. The van der Waals surface area contributed by atoms with Crippen LogP contribution in [-0.2, 0) is 9.59 Å². The molecule has 1 aromatic rings. The Balaban J connectivity index is 1.49. The number of nitrogens with zero attached hydrogens (tertiary/aromatic N) is 2. The van der Waals surface area contributed by atoms with Crippen LogP contribution < -0.4 is 10.1 Å². The Hall–Kier alpha value is -3.09. The van der Waals surface area contributed by atoms with Gasteiger partial charge in [-0.2, -0.15) is 4.74 Å². The molecule has 0 unspecified atom stereocenters. The number of rotatable bonds is 0. The van der Waals surface area contributed by atoms with Crippen LogP contribution in [0.15, 0.2) is 24.3 Å². The molecule has 2 bridgehead atoms. The Morgan fingerprint density at radius 2 is 2.00 bits per heavy atom. The fourth-order valence-corrected chi connectivity index (χ4v) is 7.43. The van der Waals surface area contributed by atoms with Crippen LogP contribution in [0.3, 0.4) is 0 Å². The van der Waals surface area contributed by atoms with Gasteiger partial charge < -0.3 is 20.2 Å². The highest BCUT2D eigenvalue weighted by molar-refractivity contribution is 6.30. The second kappa shape index (κ2) is 5.34. The molecule has 1 N–H and O–H groups in total. The van der Waals surface area contributed by atoms with Gasteiger partial charge in [0.2, 0.25) is 17.3 Å². The largest absolute Gasteiger partial charge is 0.618 e. The van der Waals surface area contributed by atoms with Crippen molar-refractivity contribution >= 4 is 34.9 Å². The van der Waals surface area contributed by atoms with Gasteiger partial charge in [-0.3, -0.25) is 9.59 Å².